The molecule has 0 unspecified atom stereocenters. The summed E-state index contributed by atoms with van der Waals surface area (Å²) in [5.74, 6) is 2.56. The third-order valence-electron chi connectivity index (χ3n) is 8.20. The van der Waals surface area contributed by atoms with Crippen molar-refractivity contribution in [2.75, 3.05) is 54.5 Å². The molecule has 3 aliphatic rings. The van der Waals surface area contributed by atoms with Gasteiger partial charge in [0.2, 0.25) is 5.95 Å². The standard InChI is InChI=1S/C28H39ClN6OS/c1-21-7-3-6-16-35(21)25-19-24(34-14-4-2-5-15-34)31-26(32-25)33-27(37)30-20-28(12-17-36-18-13-28)22-8-10-23(29)11-9-22/h8-11,19,21H,2-7,12-18,20H2,1H3,(H2,30,31,32,33,37)/t21-/m0/s1. The summed E-state index contributed by atoms with van der Waals surface area (Å²) in [6, 6.07) is 10.8. The van der Waals surface area contributed by atoms with Crippen molar-refractivity contribution in [3.63, 3.8) is 0 Å². The summed E-state index contributed by atoms with van der Waals surface area (Å²) in [5, 5.41) is 8.11. The quantitative estimate of drug-likeness (QED) is 0.462. The number of anilines is 3. The molecule has 3 saturated heterocycles. The summed E-state index contributed by atoms with van der Waals surface area (Å²) >= 11 is 11.9. The van der Waals surface area contributed by atoms with Crippen molar-refractivity contribution in [2.45, 2.75) is 69.7 Å². The zero-order valence-corrected chi connectivity index (χ0v) is 23.4. The topological polar surface area (TPSA) is 65.5 Å². The Labute approximate surface area is 231 Å². The smallest absolute Gasteiger partial charge is 0.232 e. The van der Waals surface area contributed by atoms with Crippen LogP contribution in [0.15, 0.2) is 30.3 Å². The van der Waals surface area contributed by atoms with Crippen molar-refractivity contribution in [3.8, 4) is 0 Å². The molecular weight excluding hydrogens is 504 g/mol. The largest absolute Gasteiger partial charge is 0.381 e. The van der Waals surface area contributed by atoms with Crippen LogP contribution in [0.2, 0.25) is 5.02 Å². The summed E-state index contributed by atoms with van der Waals surface area (Å²) in [4.78, 5) is 14.7. The molecule has 0 spiro atoms. The minimum absolute atomic E-state index is 0.0561. The number of rotatable bonds is 6. The van der Waals surface area contributed by atoms with E-state index in [0.29, 0.717) is 23.6 Å². The predicted octanol–water partition coefficient (Wildman–Crippen LogP) is 5.53. The number of halogens is 1. The van der Waals surface area contributed by atoms with E-state index in [-0.39, 0.29) is 5.41 Å². The van der Waals surface area contributed by atoms with Crippen molar-refractivity contribution < 1.29 is 4.74 Å². The number of benzene rings is 1. The highest BCUT2D eigenvalue weighted by Gasteiger charge is 2.34. The molecule has 1 aromatic heterocycles. The average molecular weight is 543 g/mol. The molecule has 1 aromatic carbocycles. The number of nitrogens with zero attached hydrogens (tertiary/aromatic N) is 4. The van der Waals surface area contributed by atoms with E-state index in [1.54, 1.807) is 0 Å². The van der Waals surface area contributed by atoms with Crippen LogP contribution in [0.4, 0.5) is 17.6 Å². The van der Waals surface area contributed by atoms with E-state index in [1.807, 2.05) is 12.1 Å². The first-order chi connectivity index (χ1) is 18.0. The number of thiocarbonyl (C=S) groups is 1. The van der Waals surface area contributed by atoms with Gasteiger partial charge in [-0.15, -0.1) is 0 Å². The lowest BCUT2D eigenvalue weighted by Gasteiger charge is -2.38. The Kier molecular flexibility index (Phi) is 8.67. The van der Waals surface area contributed by atoms with Gasteiger partial charge in [0, 0.05) is 61.9 Å². The first-order valence-corrected chi connectivity index (χ1v) is 14.6. The van der Waals surface area contributed by atoms with Crippen molar-refractivity contribution in [1.82, 2.24) is 15.3 Å². The zero-order valence-electron chi connectivity index (χ0n) is 21.8. The van der Waals surface area contributed by atoms with Gasteiger partial charge in [-0.05, 0) is 88.2 Å². The maximum atomic E-state index is 6.17. The molecule has 0 saturated carbocycles. The number of piperidine rings is 2. The minimum atomic E-state index is -0.0561. The summed E-state index contributed by atoms with van der Waals surface area (Å²) in [5.41, 5.74) is 1.21. The van der Waals surface area contributed by atoms with Crippen LogP contribution in [0.1, 0.15) is 63.9 Å². The van der Waals surface area contributed by atoms with Crippen LogP contribution in [0, 0.1) is 0 Å². The Hall–Kier alpha value is -2.16. The molecule has 5 rings (SSSR count). The van der Waals surface area contributed by atoms with Gasteiger partial charge in [0.25, 0.3) is 0 Å². The van der Waals surface area contributed by atoms with Gasteiger partial charge in [0.1, 0.15) is 11.6 Å². The van der Waals surface area contributed by atoms with Crippen LogP contribution < -0.4 is 20.4 Å². The summed E-state index contributed by atoms with van der Waals surface area (Å²) in [7, 11) is 0. The predicted molar refractivity (Wildman–Crippen MR) is 156 cm³/mol. The zero-order chi connectivity index (χ0) is 25.7. The van der Waals surface area contributed by atoms with Gasteiger partial charge in [0.15, 0.2) is 5.11 Å². The van der Waals surface area contributed by atoms with Gasteiger partial charge in [0.05, 0.1) is 0 Å². The van der Waals surface area contributed by atoms with Crippen molar-refractivity contribution in [2.24, 2.45) is 0 Å². The van der Waals surface area contributed by atoms with Crippen LogP contribution in [0.3, 0.4) is 0 Å². The van der Waals surface area contributed by atoms with Crippen LogP contribution in [-0.2, 0) is 10.2 Å². The molecule has 1 atom stereocenters. The lowest BCUT2D eigenvalue weighted by Crippen LogP contribution is -2.45. The fraction of sp³-hybridized carbons (Fsp3) is 0.607. The third-order valence-corrected chi connectivity index (χ3v) is 8.69. The molecular formula is C28H39ClN6OS. The molecule has 200 valence electrons. The van der Waals surface area contributed by atoms with Gasteiger partial charge in [-0.25, -0.2) is 0 Å². The van der Waals surface area contributed by atoms with E-state index >= 15 is 0 Å². The molecule has 2 aromatic rings. The van der Waals surface area contributed by atoms with Crippen molar-refractivity contribution >= 4 is 46.5 Å². The number of hydrogen-bond donors (Lipinski definition) is 2. The SMILES string of the molecule is C[C@H]1CCCCN1c1cc(N2CCCCC2)nc(NC(=S)NCC2(c3ccc(Cl)cc3)CCOCC2)n1. The van der Waals surface area contributed by atoms with Crippen LogP contribution in [0.25, 0.3) is 0 Å². The molecule has 4 heterocycles. The summed E-state index contributed by atoms with van der Waals surface area (Å²) in [6.07, 6.45) is 9.25. The number of ether oxygens (including phenoxy) is 1. The second-order valence-electron chi connectivity index (χ2n) is 10.7. The van der Waals surface area contributed by atoms with Gasteiger partial charge in [-0.2, -0.15) is 9.97 Å². The minimum Gasteiger partial charge on any atom is -0.381 e. The molecule has 9 heteroatoms. The van der Waals surface area contributed by atoms with E-state index < -0.39 is 0 Å². The van der Waals surface area contributed by atoms with Crippen LogP contribution in [0.5, 0.6) is 0 Å². The molecule has 0 amide bonds. The highest BCUT2D eigenvalue weighted by Crippen LogP contribution is 2.35. The Morgan fingerprint density at radius 2 is 1.73 bits per heavy atom. The first-order valence-electron chi connectivity index (χ1n) is 13.8. The Morgan fingerprint density at radius 3 is 2.46 bits per heavy atom. The second-order valence-corrected chi connectivity index (χ2v) is 11.5. The number of nitrogens with one attached hydrogen (secondary N) is 2. The average Bonchev–Trinajstić information content (AvgIpc) is 2.93. The molecule has 3 aliphatic heterocycles. The first kappa shape index (κ1) is 26.4. The molecule has 0 radical (unpaired) electrons. The Balaban J connectivity index is 1.33. The molecule has 3 fully saturated rings. The van der Waals surface area contributed by atoms with Gasteiger partial charge >= 0.3 is 0 Å². The molecule has 37 heavy (non-hydrogen) atoms. The van der Waals surface area contributed by atoms with Crippen LogP contribution >= 0.6 is 23.8 Å². The van der Waals surface area contributed by atoms with Crippen LogP contribution in [-0.4, -0.2) is 60.5 Å². The van der Waals surface area contributed by atoms with Gasteiger partial charge in [-0.1, -0.05) is 23.7 Å². The Bertz CT molecular complexity index is 1060. The van der Waals surface area contributed by atoms with E-state index in [1.165, 1.54) is 44.1 Å². The van der Waals surface area contributed by atoms with E-state index in [0.717, 1.165) is 62.3 Å². The highest BCUT2D eigenvalue weighted by atomic mass is 35.5. The molecule has 2 N–H and O–H groups in total. The van der Waals surface area contributed by atoms with Crippen molar-refractivity contribution in [1.29, 1.82) is 0 Å². The van der Waals surface area contributed by atoms with E-state index in [9.17, 15) is 0 Å². The van der Waals surface area contributed by atoms with Gasteiger partial charge in [-0.3, -0.25) is 0 Å². The summed E-state index contributed by atoms with van der Waals surface area (Å²) in [6.45, 7) is 7.60. The molecule has 0 aliphatic carbocycles. The fourth-order valence-corrected chi connectivity index (χ4v) is 6.17. The van der Waals surface area contributed by atoms with E-state index in [4.69, 9.17) is 38.5 Å². The normalized spacial score (nSPS) is 21.9. The summed E-state index contributed by atoms with van der Waals surface area (Å²) < 4.78 is 5.69. The number of hydrogen-bond acceptors (Lipinski definition) is 6. The molecule has 7 nitrogen and oxygen atoms in total. The van der Waals surface area contributed by atoms with E-state index in [2.05, 4.69) is 45.6 Å². The molecule has 0 bridgehead atoms. The monoisotopic (exact) mass is 542 g/mol. The van der Waals surface area contributed by atoms with Crippen molar-refractivity contribution in [3.05, 3.63) is 40.9 Å². The highest BCUT2D eigenvalue weighted by molar-refractivity contribution is 7.80. The second kappa shape index (κ2) is 12.1. The fourth-order valence-electron chi connectivity index (χ4n) is 5.88. The maximum Gasteiger partial charge on any atom is 0.232 e. The number of aromatic nitrogens is 2. The lowest BCUT2D eigenvalue weighted by molar-refractivity contribution is 0.0515. The Morgan fingerprint density at radius 1 is 1.03 bits per heavy atom. The third kappa shape index (κ3) is 6.47. The lowest BCUT2D eigenvalue weighted by atomic mass is 9.74. The van der Waals surface area contributed by atoms with Gasteiger partial charge < -0.3 is 25.2 Å². The maximum absolute atomic E-state index is 6.17.